The van der Waals surface area contributed by atoms with Gasteiger partial charge in [-0.3, -0.25) is 0 Å². The number of benzene rings is 2. The third-order valence-electron chi connectivity index (χ3n) is 4.21. The van der Waals surface area contributed by atoms with Crippen molar-refractivity contribution in [2.45, 2.75) is 6.92 Å². The van der Waals surface area contributed by atoms with Gasteiger partial charge in [-0.2, -0.15) is 0 Å². The molecule has 4 rings (SSSR count). The number of rotatable bonds is 3. The molecular formula is C20H18N4O. The van der Waals surface area contributed by atoms with Crippen LogP contribution in [-0.4, -0.2) is 21.9 Å². The second-order valence-electron chi connectivity index (χ2n) is 5.87. The summed E-state index contributed by atoms with van der Waals surface area (Å²) in [6.07, 6.45) is 0. The molecule has 0 radical (unpaired) electrons. The van der Waals surface area contributed by atoms with Crippen LogP contribution in [0.4, 0.5) is 5.82 Å². The van der Waals surface area contributed by atoms with Crippen LogP contribution in [0.25, 0.3) is 27.8 Å². The van der Waals surface area contributed by atoms with Crippen molar-refractivity contribution in [2.24, 2.45) is 0 Å². The van der Waals surface area contributed by atoms with Crippen molar-refractivity contribution in [1.82, 2.24) is 14.8 Å². The largest absolute Gasteiger partial charge is 0.496 e. The number of ether oxygens (including phenoxy) is 1. The number of nitrogen functional groups attached to an aromatic ring is 1. The lowest BCUT2D eigenvalue weighted by Crippen LogP contribution is -2.04. The molecule has 0 aliphatic rings. The van der Waals surface area contributed by atoms with Crippen molar-refractivity contribution in [3.8, 4) is 22.8 Å². The van der Waals surface area contributed by atoms with Crippen LogP contribution in [0.2, 0.25) is 0 Å². The molecule has 0 saturated carbocycles. The van der Waals surface area contributed by atoms with Crippen LogP contribution in [0.3, 0.4) is 0 Å². The second-order valence-corrected chi connectivity index (χ2v) is 5.87. The summed E-state index contributed by atoms with van der Waals surface area (Å²) in [6, 6.07) is 19.9. The Kier molecular flexibility index (Phi) is 3.61. The fourth-order valence-corrected chi connectivity index (χ4v) is 3.07. The topological polar surface area (TPSA) is 66.0 Å². The first-order chi connectivity index (χ1) is 12.2. The highest BCUT2D eigenvalue weighted by atomic mass is 16.5. The molecule has 0 bridgehead atoms. The number of methoxy groups -OCH3 is 1. The molecule has 0 unspecified atom stereocenters. The minimum atomic E-state index is 0.478. The van der Waals surface area contributed by atoms with Gasteiger partial charge in [0.05, 0.1) is 12.8 Å². The lowest BCUT2D eigenvalue weighted by Gasteiger charge is -2.13. The van der Waals surface area contributed by atoms with E-state index in [4.69, 9.17) is 15.5 Å². The summed E-state index contributed by atoms with van der Waals surface area (Å²) in [6.45, 7) is 1.96. The van der Waals surface area contributed by atoms with Crippen molar-refractivity contribution in [3.05, 3.63) is 66.4 Å². The molecule has 0 fully saturated rings. The summed E-state index contributed by atoms with van der Waals surface area (Å²) in [5, 5.41) is 6.51. The number of hydrogen-bond acceptors (Lipinski definition) is 4. The SMILES string of the molecule is COc1ccccc1-c1nc(-n2nc(N)cc2C)cc2ccccc12. The molecule has 4 aromatic rings. The van der Waals surface area contributed by atoms with Gasteiger partial charge in [-0.1, -0.05) is 36.4 Å². The minimum absolute atomic E-state index is 0.478. The van der Waals surface area contributed by atoms with E-state index in [0.29, 0.717) is 5.82 Å². The van der Waals surface area contributed by atoms with Crippen molar-refractivity contribution in [1.29, 1.82) is 0 Å². The van der Waals surface area contributed by atoms with E-state index >= 15 is 0 Å². The predicted octanol–water partition coefficient (Wildman–Crippen LogP) is 3.99. The van der Waals surface area contributed by atoms with Gasteiger partial charge in [0.15, 0.2) is 5.82 Å². The van der Waals surface area contributed by atoms with Gasteiger partial charge in [-0.25, -0.2) is 9.67 Å². The van der Waals surface area contributed by atoms with Crippen molar-refractivity contribution in [2.75, 3.05) is 12.8 Å². The third-order valence-corrected chi connectivity index (χ3v) is 4.21. The van der Waals surface area contributed by atoms with Crippen molar-refractivity contribution >= 4 is 16.6 Å². The van der Waals surface area contributed by atoms with Gasteiger partial charge < -0.3 is 10.5 Å². The summed E-state index contributed by atoms with van der Waals surface area (Å²) in [5.74, 6) is 1.99. The van der Waals surface area contributed by atoms with E-state index in [1.807, 2.05) is 55.5 Å². The van der Waals surface area contributed by atoms with E-state index in [2.05, 4.69) is 17.2 Å². The highest BCUT2D eigenvalue weighted by Gasteiger charge is 2.14. The summed E-state index contributed by atoms with van der Waals surface area (Å²) in [4.78, 5) is 4.89. The van der Waals surface area contributed by atoms with E-state index in [1.54, 1.807) is 11.8 Å². The highest BCUT2D eigenvalue weighted by molar-refractivity contribution is 5.96. The van der Waals surface area contributed by atoms with Crippen LogP contribution in [0.1, 0.15) is 5.69 Å². The molecule has 0 saturated heterocycles. The zero-order chi connectivity index (χ0) is 17.4. The second kappa shape index (κ2) is 5.94. The van der Waals surface area contributed by atoms with Crippen LogP contribution in [-0.2, 0) is 0 Å². The van der Waals surface area contributed by atoms with Gasteiger partial charge in [-0.15, -0.1) is 5.10 Å². The average molecular weight is 330 g/mol. The number of aromatic nitrogens is 3. The molecule has 5 heteroatoms. The molecule has 25 heavy (non-hydrogen) atoms. The van der Waals surface area contributed by atoms with Gasteiger partial charge >= 0.3 is 0 Å². The molecule has 0 atom stereocenters. The van der Waals surface area contributed by atoms with Gasteiger partial charge in [0.25, 0.3) is 0 Å². The van der Waals surface area contributed by atoms with Crippen molar-refractivity contribution in [3.63, 3.8) is 0 Å². The Morgan fingerprint density at radius 2 is 1.76 bits per heavy atom. The molecule has 5 nitrogen and oxygen atoms in total. The Labute approximate surface area is 145 Å². The van der Waals surface area contributed by atoms with Crippen LogP contribution in [0.5, 0.6) is 5.75 Å². The maximum absolute atomic E-state index is 5.84. The van der Waals surface area contributed by atoms with Gasteiger partial charge in [0, 0.05) is 22.7 Å². The number of aryl methyl sites for hydroxylation is 1. The summed E-state index contributed by atoms with van der Waals surface area (Å²) >= 11 is 0. The molecule has 2 heterocycles. The van der Waals surface area contributed by atoms with Crippen molar-refractivity contribution < 1.29 is 4.74 Å². The van der Waals surface area contributed by atoms with Gasteiger partial charge in [-0.05, 0) is 30.5 Å². The average Bonchev–Trinajstić information content (AvgIpc) is 2.99. The monoisotopic (exact) mass is 330 g/mol. The zero-order valence-electron chi connectivity index (χ0n) is 14.1. The zero-order valence-corrected chi connectivity index (χ0v) is 14.1. The predicted molar refractivity (Wildman–Crippen MR) is 100 cm³/mol. The van der Waals surface area contributed by atoms with Crippen LogP contribution in [0, 0.1) is 6.92 Å². The fourth-order valence-electron chi connectivity index (χ4n) is 3.07. The lowest BCUT2D eigenvalue weighted by atomic mass is 10.0. The number of pyridine rings is 1. The number of fused-ring (bicyclic) bond motifs is 1. The first-order valence-corrected chi connectivity index (χ1v) is 8.03. The molecule has 0 amide bonds. The van der Waals surface area contributed by atoms with E-state index in [-0.39, 0.29) is 0 Å². The first-order valence-electron chi connectivity index (χ1n) is 8.03. The highest BCUT2D eigenvalue weighted by Crippen LogP contribution is 2.34. The fraction of sp³-hybridized carbons (Fsp3) is 0.100. The molecule has 124 valence electrons. The maximum atomic E-state index is 5.84. The number of anilines is 1. The molecular weight excluding hydrogens is 312 g/mol. The minimum Gasteiger partial charge on any atom is -0.496 e. The molecule has 2 aromatic heterocycles. The van der Waals surface area contributed by atoms with E-state index in [0.717, 1.165) is 39.3 Å². The molecule has 0 aliphatic carbocycles. The quantitative estimate of drug-likeness (QED) is 0.617. The number of hydrogen-bond donors (Lipinski definition) is 1. The standard InChI is InChI=1S/C20H18N4O/c1-13-11-18(21)23-24(13)19-12-14-7-3-4-8-15(14)20(22-19)16-9-5-6-10-17(16)25-2/h3-12H,1-2H3,(H2,21,23). The summed E-state index contributed by atoms with van der Waals surface area (Å²) in [7, 11) is 1.67. The van der Waals surface area contributed by atoms with E-state index in [9.17, 15) is 0 Å². The Balaban J connectivity index is 2.04. The number of nitrogens with zero attached hydrogens (tertiary/aromatic N) is 3. The van der Waals surface area contributed by atoms with Crippen LogP contribution >= 0.6 is 0 Å². The Morgan fingerprint density at radius 1 is 1.00 bits per heavy atom. The number of para-hydroxylation sites is 1. The van der Waals surface area contributed by atoms with E-state index < -0.39 is 0 Å². The molecule has 2 N–H and O–H groups in total. The van der Waals surface area contributed by atoms with Gasteiger partial charge in [0.2, 0.25) is 0 Å². The Hall–Kier alpha value is -3.34. The molecule has 0 spiro atoms. The smallest absolute Gasteiger partial charge is 0.155 e. The lowest BCUT2D eigenvalue weighted by molar-refractivity contribution is 0.416. The molecule has 2 aromatic carbocycles. The third kappa shape index (κ3) is 2.59. The van der Waals surface area contributed by atoms with E-state index in [1.165, 1.54) is 0 Å². The maximum Gasteiger partial charge on any atom is 0.155 e. The Bertz CT molecular complexity index is 1070. The molecule has 0 aliphatic heterocycles. The summed E-state index contributed by atoms with van der Waals surface area (Å²) < 4.78 is 7.30. The first kappa shape index (κ1) is 15.2. The van der Waals surface area contributed by atoms with Crippen LogP contribution in [0.15, 0.2) is 60.7 Å². The van der Waals surface area contributed by atoms with Gasteiger partial charge in [0.1, 0.15) is 11.6 Å². The summed E-state index contributed by atoms with van der Waals surface area (Å²) in [5.41, 5.74) is 8.59. The number of nitrogens with two attached hydrogens (primary N) is 1. The van der Waals surface area contributed by atoms with Crippen LogP contribution < -0.4 is 10.5 Å². The normalized spacial score (nSPS) is 11.0. The Morgan fingerprint density at radius 3 is 2.52 bits per heavy atom.